The summed E-state index contributed by atoms with van der Waals surface area (Å²) in [6.45, 7) is 1.69. The van der Waals surface area contributed by atoms with Crippen LogP contribution in [0.5, 0.6) is 5.75 Å². The van der Waals surface area contributed by atoms with Gasteiger partial charge in [0.2, 0.25) is 5.91 Å². The molecule has 0 saturated heterocycles. The number of benzene rings is 2. The maximum Gasteiger partial charge on any atom is 0.340 e. The van der Waals surface area contributed by atoms with Crippen molar-refractivity contribution in [3.8, 4) is 5.75 Å². The average molecular weight is 412 g/mol. The number of rotatable bonds is 3. The number of anilines is 1. The van der Waals surface area contributed by atoms with Crippen LogP contribution in [0.3, 0.4) is 0 Å². The molecule has 0 bridgehead atoms. The van der Waals surface area contributed by atoms with E-state index in [1.807, 2.05) is 0 Å². The molecule has 0 spiro atoms. The number of phenolic OH excluding ortho intramolecular Hbond substituents is 1. The van der Waals surface area contributed by atoms with E-state index in [1.54, 1.807) is 31.2 Å². The fourth-order valence-electron chi connectivity index (χ4n) is 3.12. The summed E-state index contributed by atoms with van der Waals surface area (Å²) in [6, 6.07) is 10.5. The van der Waals surface area contributed by atoms with Crippen LogP contribution < -0.4 is 16.6 Å². The lowest BCUT2D eigenvalue weighted by Crippen LogP contribution is -2.20. The number of aryl methyl sites for hydroxylation is 1. The fourth-order valence-corrected chi connectivity index (χ4v) is 3.28. The van der Waals surface area contributed by atoms with E-state index in [2.05, 4.69) is 5.32 Å². The fraction of sp³-hybridized carbons (Fsp3) is 0.0952. The minimum atomic E-state index is -0.660. The van der Waals surface area contributed by atoms with Gasteiger partial charge in [-0.1, -0.05) is 11.6 Å². The second-order valence-corrected chi connectivity index (χ2v) is 6.93. The molecule has 0 fully saturated rings. The molecular weight excluding hydrogens is 398 g/mol. The highest BCUT2D eigenvalue weighted by Crippen LogP contribution is 2.31. The molecule has 0 aliphatic carbocycles. The number of aromatic hydroxyl groups is 1. The Balaban J connectivity index is 1.63. The predicted molar refractivity (Wildman–Crippen MR) is 109 cm³/mol. The number of amides is 1. The van der Waals surface area contributed by atoms with Gasteiger partial charge in [-0.15, -0.1) is 0 Å². The van der Waals surface area contributed by atoms with Crippen molar-refractivity contribution in [2.75, 3.05) is 5.32 Å². The summed E-state index contributed by atoms with van der Waals surface area (Å²) in [7, 11) is 0. The quantitative estimate of drug-likeness (QED) is 0.497. The maximum absolute atomic E-state index is 12.5. The van der Waals surface area contributed by atoms with Crippen molar-refractivity contribution in [3.05, 3.63) is 79.5 Å². The number of carbonyl (C=O) groups is 1. The first-order valence-corrected chi connectivity index (χ1v) is 8.98. The van der Waals surface area contributed by atoms with Crippen molar-refractivity contribution in [2.45, 2.75) is 13.3 Å². The molecular formula is C21H14ClNO6. The number of fused-ring (bicyclic) bond motifs is 2. The summed E-state index contributed by atoms with van der Waals surface area (Å²) in [5.41, 5.74) is 0.717. The minimum absolute atomic E-state index is 0.118. The number of carbonyl (C=O) groups excluding carboxylic acids is 1. The van der Waals surface area contributed by atoms with Crippen LogP contribution in [0.25, 0.3) is 21.9 Å². The molecule has 0 unspecified atom stereocenters. The summed E-state index contributed by atoms with van der Waals surface area (Å²) < 4.78 is 10.3. The largest absolute Gasteiger partial charge is 0.506 e. The molecule has 29 heavy (non-hydrogen) atoms. The van der Waals surface area contributed by atoms with Gasteiger partial charge >= 0.3 is 11.3 Å². The van der Waals surface area contributed by atoms with Gasteiger partial charge in [-0.2, -0.15) is 0 Å². The normalized spacial score (nSPS) is 11.1. The summed E-state index contributed by atoms with van der Waals surface area (Å²) in [6.07, 6.45) is -0.204. The van der Waals surface area contributed by atoms with Crippen LogP contribution in [0.15, 0.2) is 60.9 Å². The van der Waals surface area contributed by atoms with E-state index in [0.717, 1.165) is 0 Å². The number of nitrogens with one attached hydrogen (secondary N) is 1. The minimum Gasteiger partial charge on any atom is -0.506 e. The van der Waals surface area contributed by atoms with Crippen LogP contribution in [-0.2, 0) is 11.2 Å². The van der Waals surface area contributed by atoms with Crippen LogP contribution in [0.4, 0.5) is 5.69 Å². The van der Waals surface area contributed by atoms with Gasteiger partial charge in [-0.3, -0.25) is 4.79 Å². The van der Waals surface area contributed by atoms with Crippen LogP contribution >= 0.6 is 11.6 Å². The van der Waals surface area contributed by atoms with Gasteiger partial charge in [0.15, 0.2) is 0 Å². The zero-order chi connectivity index (χ0) is 20.7. The summed E-state index contributed by atoms with van der Waals surface area (Å²) in [5, 5.41) is 13.7. The third kappa shape index (κ3) is 3.60. The maximum atomic E-state index is 12.5. The van der Waals surface area contributed by atoms with Crippen molar-refractivity contribution in [2.24, 2.45) is 0 Å². The van der Waals surface area contributed by atoms with Gasteiger partial charge in [0.1, 0.15) is 16.9 Å². The molecule has 4 aromatic rings. The Kier molecular flexibility index (Phi) is 4.60. The Morgan fingerprint density at radius 2 is 1.86 bits per heavy atom. The SMILES string of the molecule is Cc1c(CC(=O)Nc2ccc3oc(=O)ccc3c2)c(=O)oc2cc(O)c(Cl)cc12. The van der Waals surface area contributed by atoms with Gasteiger partial charge in [-0.25, -0.2) is 9.59 Å². The van der Waals surface area contributed by atoms with Crippen molar-refractivity contribution in [1.29, 1.82) is 0 Å². The van der Waals surface area contributed by atoms with E-state index in [-0.39, 0.29) is 28.3 Å². The molecule has 2 aromatic heterocycles. The third-order valence-corrected chi connectivity index (χ3v) is 4.90. The molecule has 146 valence electrons. The van der Waals surface area contributed by atoms with E-state index in [0.29, 0.717) is 27.6 Å². The van der Waals surface area contributed by atoms with Gasteiger partial charge in [-0.05, 0) is 42.8 Å². The van der Waals surface area contributed by atoms with Crippen LogP contribution in [0.2, 0.25) is 5.02 Å². The molecule has 8 heteroatoms. The smallest absolute Gasteiger partial charge is 0.340 e. The molecule has 0 aliphatic heterocycles. The van der Waals surface area contributed by atoms with E-state index < -0.39 is 17.2 Å². The van der Waals surface area contributed by atoms with Crippen molar-refractivity contribution >= 4 is 45.1 Å². The van der Waals surface area contributed by atoms with Crippen molar-refractivity contribution in [3.63, 3.8) is 0 Å². The van der Waals surface area contributed by atoms with Gasteiger partial charge < -0.3 is 19.3 Å². The zero-order valence-electron chi connectivity index (χ0n) is 15.1. The number of phenols is 1. The number of halogens is 1. The third-order valence-electron chi connectivity index (χ3n) is 4.60. The lowest BCUT2D eigenvalue weighted by molar-refractivity contribution is -0.115. The molecule has 0 saturated carbocycles. The predicted octanol–water partition coefficient (Wildman–Crippen LogP) is 3.75. The van der Waals surface area contributed by atoms with E-state index in [9.17, 15) is 19.5 Å². The highest BCUT2D eigenvalue weighted by atomic mass is 35.5. The number of hydrogen-bond donors (Lipinski definition) is 2. The second-order valence-electron chi connectivity index (χ2n) is 6.52. The first-order valence-electron chi connectivity index (χ1n) is 8.60. The first-order chi connectivity index (χ1) is 13.8. The van der Waals surface area contributed by atoms with Crippen molar-refractivity contribution < 1.29 is 18.7 Å². The summed E-state index contributed by atoms with van der Waals surface area (Å²) >= 11 is 5.95. The average Bonchev–Trinajstić information content (AvgIpc) is 2.67. The lowest BCUT2D eigenvalue weighted by Gasteiger charge is -2.10. The van der Waals surface area contributed by atoms with E-state index >= 15 is 0 Å². The Hall–Kier alpha value is -3.58. The van der Waals surface area contributed by atoms with E-state index in [4.69, 9.17) is 20.4 Å². The Bertz CT molecular complexity index is 1400. The van der Waals surface area contributed by atoms with Crippen LogP contribution in [-0.4, -0.2) is 11.0 Å². The lowest BCUT2D eigenvalue weighted by atomic mass is 10.0. The number of hydrogen-bond acceptors (Lipinski definition) is 6. The molecule has 0 atom stereocenters. The molecule has 2 aromatic carbocycles. The molecule has 1 amide bonds. The standard InChI is InChI=1S/C21H14ClNO6/c1-10-13-7-15(22)16(24)9-18(13)29-21(27)14(10)8-19(25)23-12-3-4-17-11(6-12)2-5-20(26)28-17/h2-7,9,24H,8H2,1H3,(H,23,25). The topological polar surface area (TPSA) is 110 Å². The first kappa shape index (κ1) is 18.8. The van der Waals surface area contributed by atoms with Gasteiger partial charge in [0.05, 0.1) is 17.0 Å². The van der Waals surface area contributed by atoms with E-state index in [1.165, 1.54) is 18.2 Å². The Labute approximate surface area is 168 Å². The molecule has 4 rings (SSSR count). The summed E-state index contributed by atoms with van der Waals surface area (Å²) in [4.78, 5) is 36.1. The van der Waals surface area contributed by atoms with Gasteiger partial charge in [0.25, 0.3) is 0 Å². The molecule has 0 radical (unpaired) electrons. The zero-order valence-corrected chi connectivity index (χ0v) is 15.9. The Morgan fingerprint density at radius 1 is 1.07 bits per heavy atom. The molecule has 2 N–H and O–H groups in total. The van der Waals surface area contributed by atoms with Crippen LogP contribution in [0, 0.1) is 6.92 Å². The monoisotopic (exact) mass is 411 g/mol. The molecule has 0 aliphatic rings. The Morgan fingerprint density at radius 3 is 2.66 bits per heavy atom. The van der Waals surface area contributed by atoms with Gasteiger partial charge in [0, 0.05) is 28.6 Å². The van der Waals surface area contributed by atoms with Crippen LogP contribution in [0.1, 0.15) is 11.1 Å². The summed E-state index contributed by atoms with van der Waals surface area (Å²) in [5.74, 6) is -0.610. The molecule has 2 heterocycles. The highest BCUT2D eigenvalue weighted by molar-refractivity contribution is 6.32. The second kappa shape index (κ2) is 7.10. The van der Waals surface area contributed by atoms with Crippen molar-refractivity contribution in [1.82, 2.24) is 0 Å². The molecule has 7 nitrogen and oxygen atoms in total. The highest BCUT2D eigenvalue weighted by Gasteiger charge is 2.17.